The van der Waals surface area contributed by atoms with Crippen molar-refractivity contribution in [1.29, 1.82) is 0 Å². The molecule has 8 heteroatoms. The molecule has 172 valence electrons. The Bertz CT molecular complexity index is 956. The highest BCUT2D eigenvalue weighted by atomic mass is 16.5. The van der Waals surface area contributed by atoms with E-state index in [9.17, 15) is 9.59 Å². The number of nitrogens with one attached hydrogen (secondary N) is 2. The second kappa shape index (κ2) is 10.3. The van der Waals surface area contributed by atoms with E-state index < -0.39 is 6.10 Å². The van der Waals surface area contributed by atoms with Gasteiger partial charge >= 0.3 is 0 Å². The Labute approximate surface area is 188 Å². The number of aryl methyl sites for hydroxylation is 1. The number of pyridine rings is 1. The third kappa shape index (κ3) is 5.02. The fourth-order valence-electron chi connectivity index (χ4n) is 4.36. The summed E-state index contributed by atoms with van der Waals surface area (Å²) in [5.74, 6) is 0.824. The fourth-order valence-corrected chi connectivity index (χ4v) is 4.36. The zero-order valence-corrected chi connectivity index (χ0v) is 18.8. The van der Waals surface area contributed by atoms with Gasteiger partial charge in [-0.2, -0.15) is 0 Å². The maximum Gasteiger partial charge on any atom is 0.253 e. The minimum absolute atomic E-state index is 0.0422. The third-order valence-corrected chi connectivity index (χ3v) is 6.21. The molecule has 0 spiro atoms. The van der Waals surface area contributed by atoms with Crippen LogP contribution in [0.3, 0.4) is 0 Å². The van der Waals surface area contributed by atoms with Crippen molar-refractivity contribution in [3.63, 3.8) is 0 Å². The van der Waals surface area contributed by atoms with E-state index in [1.165, 1.54) is 0 Å². The van der Waals surface area contributed by atoms with Crippen LogP contribution in [0.1, 0.15) is 43.5 Å². The van der Waals surface area contributed by atoms with Crippen LogP contribution in [0.25, 0.3) is 10.9 Å². The lowest BCUT2D eigenvalue weighted by atomic mass is 10.00. The zero-order valence-electron chi connectivity index (χ0n) is 18.8. The summed E-state index contributed by atoms with van der Waals surface area (Å²) in [4.78, 5) is 30.9. The molecule has 1 aromatic heterocycles. The van der Waals surface area contributed by atoms with Crippen LogP contribution in [0.15, 0.2) is 24.3 Å². The van der Waals surface area contributed by atoms with E-state index in [0.29, 0.717) is 19.7 Å². The molecule has 2 aromatic rings. The van der Waals surface area contributed by atoms with Crippen LogP contribution in [0.4, 0.5) is 0 Å². The van der Waals surface area contributed by atoms with Gasteiger partial charge in [0.25, 0.3) is 5.91 Å². The second-order valence-electron chi connectivity index (χ2n) is 8.48. The van der Waals surface area contributed by atoms with Crippen LogP contribution in [0.5, 0.6) is 5.75 Å². The SMILES string of the molecule is COc1ccc2nc([C@@H](C)N(C(=O)[C@H]3CNCCO3)C3CC3)cc(CCCNC=O)c2c1. The number of fused-ring (bicyclic) bond motifs is 1. The van der Waals surface area contributed by atoms with Gasteiger partial charge in [0.15, 0.2) is 0 Å². The number of ether oxygens (including phenoxy) is 2. The van der Waals surface area contributed by atoms with Crippen molar-refractivity contribution in [3.8, 4) is 5.75 Å². The Morgan fingerprint density at radius 1 is 1.41 bits per heavy atom. The molecule has 2 heterocycles. The third-order valence-electron chi connectivity index (χ3n) is 6.21. The standard InChI is InChI=1S/C24H32N4O4/c1-16(28(18-5-6-18)24(30)23-14-25-10-11-32-23)22-12-17(4-3-9-26-15-29)20-13-19(31-2)7-8-21(20)27-22/h7-8,12-13,15-16,18,23,25H,3-6,9-11,14H2,1-2H3,(H,26,29)/t16-,23-/m1/s1. The van der Waals surface area contributed by atoms with Crippen molar-refractivity contribution < 1.29 is 19.1 Å². The Morgan fingerprint density at radius 2 is 2.25 bits per heavy atom. The highest BCUT2D eigenvalue weighted by Crippen LogP contribution is 2.36. The van der Waals surface area contributed by atoms with Crippen LogP contribution in [-0.4, -0.2) is 67.7 Å². The van der Waals surface area contributed by atoms with Gasteiger partial charge in [0, 0.05) is 31.1 Å². The predicted molar refractivity (Wildman–Crippen MR) is 122 cm³/mol. The monoisotopic (exact) mass is 440 g/mol. The molecule has 1 saturated heterocycles. The molecule has 2 fully saturated rings. The number of methoxy groups -OCH3 is 1. The first kappa shape index (κ1) is 22.5. The summed E-state index contributed by atoms with van der Waals surface area (Å²) in [7, 11) is 1.65. The number of carbonyl (C=O) groups is 2. The molecule has 1 aromatic carbocycles. The van der Waals surface area contributed by atoms with Crippen LogP contribution in [0.2, 0.25) is 0 Å². The lowest BCUT2D eigenvalue weighted by Gasteiger charge is -2.34. The minimum atomic E-state index is -0.439. The number of nitrogens with zero attached hydrogens (tertiary/aromatic N) is 2. The van der Waals surface area contributed by atoms with Crippen LogP contribution in [0, 0.1) is 0 Å². The highest BCUT2D eigenvalue weighted by molar-refractivity contribution is 5.85. The van der Waals surface area contributed by atoms with Gasteiger partial charge in [-0.1, -0.05) is 0 Å². The number of hydrogen-bond donors (Lipinski definition) is 2. The van der Waals surface area contributed by atoms with Gasteiger partial charge in [-0.25, -0.2) is 0 Å². The van der Waals surface area contributed by atoms with Crippen LogP contribution >= 0.6 is 0 Å². The Morgan fingerprint density at radius 3 is 2.94 bits per heavy atom. The smallest absolute Gasteiger partial charge is 0.253 e. The molecular formula is C24H32N4O4. The van der Waals surface area contributed by atoms with E-state index in [1.54, 1.807) is 7.11 Å². The maximum atomic E-state index is 13.3. The Balaban J connectivity index is 1.65. The summed E-state index contributed by atoms with van der Waals surface area (Å²) in [5, 5.41) is 7.02. The summed E-state index contributed by atoms with van der Waals surface area (Å²) in [6.45, 7) is 4.55. The first-order chi connectivity index (χ1) is 15.6. The average molecular weight is 441 g/mol. The van der Waals surface area contributed by atoms with Gasteiger partial charge in [-0.05, 0) is 62.4 Å². The van der Waals surface area contributed by atoms with Gasteiger partial charge in [-0.15, -0.1) is 0 Å². The van der Waals surface area contributed by atoms with Gasteiger partial charge in [0.05, 0.1) is 31.0 Å². The number of morpholine rings is 1. The van der Waals surface area contributed by atoms with E-state index in [4.69, 9.17) is 14.5 Å². The highest BCUT2D eigenvalue weighted by Gasteiger charge is 2.40. The van der Waals surface area contributed by atoms with E-state index >= 15 is 0 Å². The Hall–Kier alpha value is -2.71. The number of carbonyl (C=O) groups excluding carboxylic acids is 2. The first-order valence-corrected chi connectivity index (χ1v) is 11.4. The number of hydrogen-bond acceptors (Lipinski definition) is 6. The summed E-state index contributed by atoms with van der Waals surface area (Å²) in [5.41, 5.74) is 2.90. The van der Waals surface area contributed by atoms with Gasteiger partial charge in [0.2, 0.25) is 6.41 Å². The quantitative estimate of drug-likeness (QED) is 0.433. The van der Waals surface area contributed by atoms with Crippen molar-refractivity contribution in [2.24, 2.45) is 0 Å². The second-order valence-corrected chi connectivity index (χ2v) is 8.48. The normalized spacial score (nSPS) is 19.4. The average Bonchev–Trinajstić information content (AvgIpc) is 3.67. The molecular weight excluding hydrogens is 408 g/mol. The van der Waals surface area contributed by atoms with E-state index in [-0.39, 0.29) is 18.0 Å². The summed E-state index contributed by atoms with van der Waals surface area (Å²) in [6.07, 6.45) is 3.93. The summed E-state index contributed by atoms with van der Waals surface area (Å²) in [6, 6.07) is 8.08. The molecule has 8 nitrogen and oxygen atoms in total. The van der Waals surface area contributed by atoms with Crippen molar-refractivity contribution in [2.45, 2.75) is 50.8 Å². The number of rotatable bonds is 10. The molecule has 1 saturated carbocycles. The minimum Gasteiger partial charge on any atom is -0.497 e. The van der Waals surface area contributed by atoms with Crippen molar-refractivity contribution >= 4 is 23.2 Å². The van der Waals surface area contributed by atoms with E-state index in [0.717, 1.165) is 66.5 Å². The molecule has 0 unspecified atom stereocenters. The van der Waals surface area contributed by atoms with E-state index in [1.807, 2.05) is 23.1 Å². The van der Waals surface area contributed by atoms with Crippen molar-refractivity contribution in [2.75, 3.05) is 33.4 Å². The summed E-state index contributed by atoms with van der Waals surface area (Å²) < 4.78 is 11.2. The molecule has 2 atom stereocenters. The number of aromatic nitrogens is 1. The molecule has 1 aliphatic heterocycles. The first-order valence-electron chi connectivity index (χ1n) is 11.4. The number of benzene rings is 1. The fraction of sp³-hybridized carbons (Fsp3) is 0.542. The van der Waals surface area contributed by atoms with Crippen LogP contribution in [-0.2, 0) is 20.7 Å². The van der Waals surface area contributed by atoms with Crippen molar-refractivity contribution in [3.05, 3.63) is 35.5 Å². The molecule has 2 N–H and O–H groups in total. The molecule has 0 radical (unpaired) electrons. The maximum absolute atomic E-state index is 13.3. The molecule has 0 bridgehead atoms. The molecule has 2 aliphatic rings. The number of amides is 2. The van der Waals surface area contributed by atoms with Crippen molar-refractivity contribution in [1.82, 2.24) is 20.5 Å². The largest absolute Gasteiger partial charge is 0.497 e. The molecule has 4 rings (SSSR count). The van der Waals surface area contributed by atoms with Gasteiger partial charge in [-0.3, -0.25) is 14.6 Å². The van der Waals surface area contributed by atoms with Gasteiger partial charge < -0.3 is 25.0 Å². The topological polar surface area (TPSA) is 92.8 Å². The molecule has 1 aliphatic carbocycles. The lowest BCUT2D eigenvalue weighted by Crippen LogP contribution is -2.50. The van der Waals surface area contributed by atoms with E-state index in [2.05, 4.69) is 23.6 Å². The molecule has 2 amide bonds. The van der Waals surface area contributed by atoms with Crippen LogP contribution < -0.4 is 15.4 Å². The summed E-state index contributed by atoms with van der Waals surface area (Å²) >= 11 is 0. The molecule has 32 heavy (non-hydrogen) atoms. The predicted octanol–water partition coefficient (Wildman–Crippen LogP) is 1.96. The van der Waals surface area contributed by atoms with Gasteiger partial charge in [0.1, 0.15) is 11.9 Å². The zero-order chi connectivity index (χ0) is 22.5. The Kier molecular flexibility index (Phi) is 7.22. The lowest BCUT2D eigenvalue weighted by molar-refractivity contribution is -0.148.